The van der Waals surface area contributed by atoms with Gasteiger partial charge >= 0.3 is 0 Å². The van der Waals surface area contributed by atoms with Gasteiger partial charge in [-0.1, -0.05) is 0 Å². The van der Waals surface area contributed by atoms with E-state index in [0.29, 0.717) is 0 Å². The zero-order valence-corrected chi connectivity index (χ0v) is 9.09. The minimum absolute atomic E-state index is 0.788. The smallest absolute Gasteiger partial charge is 0.119 e. The molecule has 1 N–H and O–H groups in total. The predicted octanol–water partition coefficient (Wildman–Crippen LogP) is 2.91. The highest BCUT2D eigenvalue weighted by atomic mass is 32.1. The average Bonchev–Trinajstić information content (AvgIpc) is 2.89. The highest BCUT2D eigenvalue weighted by molar-refractivity contribution is 7.10. The van der Waals surface area contributed by atoms with Gasteiger partial charge in [-0.25, -0.2) is 0 Å². The van der Waals surface area contributed by atoms with Gasteiger partial charge in [-0.05, 0) is 36.8 Å². The summed E-state index contributed by atoms with van der Waals surface area (Å²) in [6, 6.07) is 3.89. The Balaban J connectivity index is 2.15. The molecule has 1 atom stereocenters. The van der Waals surface area contributed by atoms with E-state index in [2.05, 4.69) is 5.38 Å². The van der Waals surface area contributed by atoms with E-state index in [1.165, 1.54) is 4.88 Å². The Bertz CT molecular complexity index is 458. The molecular formula is C12H12O2S. The van der Waals surface area contributed by atoms with Gasteiger partial charge < -0.3 is 9.52 Å². The average molecular weight is 220 g/mol. The maximum Gasteiger partial charge on any atom is 0.119 e. The minimum atomic E-state index is -0.819. The van der Waals surface area contributed by atoms with Crippen LogP contribution in [0.2, 0.25) is 0 Å². The van der Waals surface area contributed by atoms with Crippen LogP contribution in [0.5, 0.6) is 0 Å². The molecule has 2 aromatic heterocycles. The summed E-state index contributed by atoms with van der Waals surface area (Å²) in [6.45, 7) is 0. The van der Waals surface area contributed by atoms with Crippen LogP contribution in [0.1, 0.15) is 28.8 Å². The first-order valence-electron chi connectivity index (χ1n) is 5.12. The Morgan fingerprint density at radius 2 is 2.33 bits per heavy atom. The van der Waals surface area contributed by atoms with Crippen LogP contribution in [0.3, 0.4) is 0 Å². The SMILES string of the molecule is OC1(c2ccoc2)CCCc2sccc21. The summed E-state index contributed by atoms with van der Waals surface area (Å²) in [4.78, 5) is 1.31. The molecule has 0 bridgehead atoms. The first kappa shape index (κ1) is 9.19. The summed E-state index contributed by atoms with van der Waals surface area (Å²) in [6.07, 6.45) is 6.18. The van der Waals surface area contributed by atoms with Crippen molar-refractivity contribution in [1.29, 1.82) is 0 Å². The number of aryl methyl sites for hydroxylation is 1. The number of fused-ring (bicyclic) bond motifs is 1. The monoisotopic (exact) mass is 220 g/mol. The summed E-state index contributed by atoms with van der Waals surface area (Å²) in [5.41, 5.74) is 1.13. The maximum absolute atomic E-state index is 10.7. The molecule has 3 rings (SSSR count). The van der Waals surface area contributed by atoms with Crippen LogP contribution in [-0.4, -0.2) is 5.11 Å². The summed E-state index contributed by atoms with van der Waals surface area (Å²) >= 11 is 1.73. The van der Waals surface area contributed by atoms with Crippen molar-refractivity contribution in [2.24, 2.45) is 0 Å². The number of furan rings is 1. The minimum Gasteiger partial charge on any atom is -0.472 e. The third kappa shape index (κ3) is 1.27. The molecule has 0 amide bonds. The molecule has 0 radical (unpaired) electrons. The first-order chi connectivity index (χ1) is 7.31. The second-order valence-electron chi connectivity index (χ2n) is 3.98. The Hall–Kier alpha value is -1.06. The van der Waals surface area contributed by atoms with Crippen molar-refractivity contribution in [1.82, 2.24) is 0 Å². The van der Waals surface area contributed by atoms with Gasteiger partial charge in [-0.3, -0.25) is 0 Å². The van der Waals surface area contributed by atoms with Gasteiger partial charge in [-0.2, -0.15) is 0 Å². The van der Waals surface area contributed by atoms with Crippen LogP contribution in [0.4, 0.5) is 0 Å². The van der Waals surface area contributed by atoms with Crippen molar-refractivity contribution in [3.63, 3.8) is 0 Å². The van der Waals surface area contributed by atoms with E-state index in [1.54, 1.807) is 23.9 Å². The molecule has 2 aromatic rings. The van der Waals surface area contributed by atoms with Crippen molar-refractivity contribution in [3.05, 3.63) is 46.0 Å². The molecule has 0 aromatic carbocycles. The van der Waals surface area contributed by atoms with Gasteiger partial charge in [-0.15, -0.1) is 11.3 Å². The van der Waals surface area contributed by atoms with Crippen molar-refractivity contribution in [2.75, 3.05) is 0 Å². The molecule has 0 saturated carbocycles. The Labute approximate surface area is 92.2 Å². The number of hydrogen-bond donors (Lipinski definition) is 1. The lowest BCUT2D eigenvalue weighted by atomic mass is 9.79. The number of thiophene rings is 1. The van der Waals surface area contributed by atoms with Gasteiger partial charge in [0, 0.05) is 16.0 Å². The van der Waals surface area contributed by atoms with Crippen LogP contribution in [-0.2, 0) is 12.0 Å². The van der Waals surface area contributed by atoms with E-state index in [-0.39, 0.29) is 0 Å². The molecule has 3 heteroatoms. The van der Waals surface area contributed by atoms with E-state index < -0.39 is 5.60 Å². The van der Waals surface area contributed by atoms with Gasteiger partial charge in [0.05, 0.1) is 12.5 Å². The van der Waals surface area contributed by atoms with E-state index in [9.17, 15) is 5.11 Å². The third-order valence-corrected chi connectivity index (χ3v) is 4.11. The lowest BCUT2D eigenvalue weighted by Gasteiger charge is -2.31. The second kappa shape index (κ2) is 3.22. The number of hydrogen-bond acceptors (Lipinski definition) is 3. The Morgan fingerprint density at radius 3 is 3.13 bits per heavy atom. The molecule has 0 aliphatic heterocycles. The molecule has 2 heterocycles. The summed E-state index contributed by atoms with van der Waals surface area (Å²) in [5, 5.41) is 12.8. The highest BCUT2D eigenvalue weighted by Gasteiger charge is 2.37. The summed E-state index contributed by atoms with van der Waals surface area (Å²) in [7, 11) is 0. The Kier molecular flexibility index (Phi) is 1.97. The third-order valence-electron chi connectivity index (χ3n) is 3.13. The van der Waals surface area contributed by atoms with Crippen molar-refractivity contribution in [3.8, 4) is 0 Å². The quantitative estimate of drug-likeness (QED) is 0.801. The Morgan fingerprint density at radius 1 is 1.40 bits per heavy atom. The van der Waals surface area contributed by atoms with Crippen LogP contribution in [0.15, 0.2) is 34.5 Å². The molecule has 2 nitrogen and oxygen atoms in total. The van der Waals surface area contributed by atoms with E-state index in [4.69, 9.17) is 4.42 Å². The highest BCUT2D eigenvalue weighted by Crippen LogP contribution is 2.42. The zero-order valence-electron chi connectivity index (χ0n) is 8.27. The van der Waals surface area contributed by atoms with Crippen molar-refractivity contribution >= 4 is 11.3 Å². The summed E-state index contributed by atoms with van der Waals surface area (Å²) < 4.78 is 5.07. The van der Waals surface area contributed by atoms with Gasteiger partial charge in [0.15, 0.2) is 0 Å². The predicted molar refractivity (Wildman–Crippen MR) is 59.0 cm³/mol. The lowest BCUT2D eigenvalue weighted by molar-refractivity contribution is 0.0619. The number of rotatable bonds is 1. The standard InChI is InChI=1S/C12H12O2S/c13-12(9-3-6-14-8-9)5-1-2-11-10(12)4-7-15-11/h3-4,6-8,13H,1-2,5H2. The largest absolute Gasteiger partial charge is 0.472 e. The first-order valence-corrected chi connectivity index (χ1v) is 6.00. The fourth-order valence-corrected chi connectivity index (χ4v) is 3.34. The fraction of sp³-hybridized carbons (Fsp3) is 0.333. The normalized spacial score (nSPS) is 25.1. The second-order valence-corrected chi connectivity index (χ2v) is 4.98. The van der Waals surface area contributed by atoms with Crippen LogP contribution in [0, 0.1) is 0 Å². The summed E-state index contributed by atoms with van der Waals surface area (Å²) in [5.74, 6) is 0. The molecule has 0 saturated heterocycles. The zero-order chi connectivity index (χ0) is 10.3. The van der Waals surface area contributed by atoms with Crippen LogP contribution >= 0.6 is 11.3 Å². The van der Waals surface area contributed by atoms with E-state index in [0.717, 1.165) is 30.4 Å². The molecule has 15 heavy (non-hydrogen) atoms. The molecule has 0 fully saturated rings. The van der Waals surface area contributed by atoms with Crippen molar-refractivity contribution in [2.45, 2.75) is 24.9 Å². The topological polar surface area (TPSA) is 33.4 Å². The molecule has 0 spiro atoms. The molecule has 1 aliphatic rings. The van der Waals surface area contributed by atoms with E-state index in [1.807, 2.05) is 12.1 Å². The van der Waals surface area contributed by atoms with Gasteiger partial charge in [0.2, 0.25) is 0 Å². The maximum atomic E-state index is 10.7. The lowest BCUT2D eigenvalue weighted by Crippen LogP contribution is -2.30. The van der Waals surface area contributed by atoms with E-state index >= 15 is 0 Å². The van der Waals surface area contributed by atoms with Gasteiger partial charge in [0.25, 0.3) is 0 Å². The fourth-order valence-electron chi connectivity index (χ4n) is 2.34. The number of aliphatic hydroxyl groups is 1. The van der Waals surface area contributed by atoms with Crippen LogP contribution in [0.25, 0.3) is 0 Å². The van der Waals surface area contributed by atoms with Crippen molar-refractivity contribution < 1.29 is 9.52 Å². The molecule has 1 unspecified atom stereocenters. The van der Waals surface area contributed by atoms with Crippen LogP contribution < -0.4 is 0 Å². The molecule has 78 valence electrons. The van der Waals surface area contributed by atoms with Gasteiger partial charge in [0.1, 0.15) is 5.60 Å². The molecule has 1 aliphatic carbocycles. The molecular weight excluding hydrogens is 208 g/mol.